The van der Waals surface area contributed by atoms with Gasteiger partial charge in [-0.3, -0.25) is 0 Å². The normalized spacial score (nSPS) is 18.1. The van der Waals surface area contributed by atoms with Crippen molar-refractivity contribution in [2.24, 2.45) is 5.92 Å². The fourth-order valence-electron chi connectivity index (χ4n) is 2.83. The van der Waals surface area contributed by atoms with E-state index in [1.165, 1.54) is 32.0 Å². The monoisotopic (exact) mass is 265 g/mol. The molecule has 1 aliphatic rings. The third-order valence-electron chi connectivity index (χ3n) is 3.84. The summed E-state index contributed by atoms with van der Waals surface area (Å²) in [4.78, 5) is 4.65. The summed E-state index contributed by atoms with van der Waals surface area (Å²) in [6.07, 6.45) is 2.51. The van der Waals surface area contributed by atoms with Crippen LogP contribution in [0.2, 0.25) is 0 Å². The Kier molecular flexibility index (Phi) is 4.77. The van der Waals surface area contributed by atoms with Crippen LogP contribution in [0.4, 0.5) is 10.1 Å². The number of nitrogen functional groups attached to an aromatic ring is 1. The Morgan fingerprint density at radius 1 is 1.32 bits per heavy atom. The van der Waals surface area contributed by atoms with Crippen molar-refractivity contribution in [1.29, 1.82) is 0 Å². The first-order chi connectivity index (χ1) is 9.02. The summed E-state index contributed by atoms with van der Waals surface area (Å²) in [6, 6.07) is 4.79. The number of nitrogens with zero attached hydrogens (tertiary/aromatic N) is 2. The van der Waals surface area contributed by atoms with Crippen LogP contribution < -0.4 is 5.73 Å². The first-order valence-electron chi connectivity index (χ1n) is 6.95. The molecule has 1 aromatic carbocycles. The number of rotatable bonds is 4. The Morgan fingerprint density at radius 3 is 2.63 bits per heavy atom. The molecule has 1 heterocycles. The first kappa shape index (κ1) is 14.3. The van der Waals surface area contributed by atoms with Gasteiger partial charge in [0.2, 0.25) is 0 Å². The van der Waals surface area contributed by atoms with E-state index in [-0.39, 0.29) is 5.82 Å². The maximum atomic E-state index is 13.3. The van der Waals surface area contributed by atoms with Gasteiger partial charge in [-0.05, 0) is 69.7 Å². The van der Waals surface area contributed by atoms with Gasteiger partial charge in [-0.15, -0.1) is 0 Å². The summed E-state index contributed by atoms with van der Waals surface area (Å²) in [5.41, 5.74) is 7.12. The summed E-state index contributed by atoms with van der Waals surface area (Å²) in [5.74, 6) is 0.509. The van der Waals surface area contributed by atoms with Gasteiger partial charge in [-0.25, -0.2) is 4.39 Å². The molecule has 1 aliphatic heterocycles. The second-order valence-corrected chi connectivity index (χ2v) is 5.84. The van der Waals surface area contributed by atoms with Crippen molar-refractivity contribution >= 4 is 5.69 Å². The van der Waals surface area contributed by atoms with Crippen LogP contribution in [0.15, 0.2) is 18.2 Å². The van der Waals surface area contributed by atoms with Gasteiger partial charge >= 0.3 is 0 Å². The number of benzene rings is 1. The molecule has 0 bridgehead atoms. The molecule has 1 aromatic rings. The maximum absolute atomic E-state index is 13.3. The Morgan fingerprint density at radius 2 is 2.00 bits per heavy atom. The van der Waals surface area contributed by atoms with Crippen LogP contribution in [0.5, 0.6) is 0 Å². The van der Waals surface area contributed by atoms with E-state index in [0.29, 0.717) is 5.69 Å². The molecule has 0 saturated carbocycles. The van der Waals surface area contributed by atoms with Gasteiger partial charge in [0, 0.05) is 18.8 Å². The van der Waals surface area contributed by atoms with E-state index in [0.717, 1.165) is 24.6 Å². The van der Waals surface area contributed by atoms with Crippen molar-refractivity contribution in [1.82, 2.24) is 9.80 Å². The zero-order chi connectivity index (χ0) is 13.8. The molecule has 0 radical (unpaired) electrons. The number of piperidine rings is 1. The van der Waals surface area contributed by atoms with Crippen LogP contribution in [0.1, 0.15) is 18.4 Å². The molecule has 19 heavy (non-hydrogen) atoms. The molecular weight excluding hydrogens is 241 g/mol. The highest BCUT2D eigenvalue weighted by Gasteiger charge is 2.18. The largest absolute Gasteiger partial charge is 0.399 e. The van der Waals surface area contributed by atoms with Gasteiger partial charge < -0.3 is 15.5 Å². The average Bonchev–Trinajstić information content (AvgIpc) is 2.30. The van der Waals surface area contributed by atoms with Crippen LogP contribution in [0, 0.1) is 11.7 Å². The van der Waals surface area contributed by atoms with Crippen LogP contribution in [-0.4, -0.2) is 43.5 Å². The van der Waals surface area contributed by atoms with Crippen molar-refractivity contribution in [3.8, 4) is 0 Å². The topological polar surface area (TPSA) is 32.5 Å². The van der Waals surface area contributed by atoms with Crippen LogP contribution in [-0.2, 0) is 6.54 Å². The van der Waals surface area contributed by atoms with E-state index in [9.17, 15) is 4.39 Å². The SMILES string of the molecule is CN1CCC(CN(C)Cc2cc(N)cc(F)c2)CC1. The molecule has 0 spiro atoms. The molecular formula is C15H24FN3. The Balaban J connectivity index is 1.85. The second-order valence-electron chi connectivity index (χ2n) is 5.84. The fraction of sp³-hybridized carbons (Fsp3) is 0.600. The highest BCUT2D eigenvalue weighted by atomic mass is 19.1. The number of hydrogen-bond acceptors (Lipinski definition) is 3. The number of halogens is 1. The third kappa shape index (κ3) is 4.48. The minimum Gasteiger partial charge on any atom is -0.399 e. The zero-order valence-electron chi connectivity index (χ0n) is 11.9. The van der Waals surface area contributed by atoms with Crippen LogP contribution in [0.25, 0.3) is 0 Å². The van der Waals surface area contributed by atoms with Gasteiger partial charge in [-0.1, -0.05) is 0 Å². The zero-order valence-corrected chi connectivity index (χ0v) is 11.9. The number of nitrogens with two attached hydrogens (primary N) is 1. The van der Waals surface area contributed by atoms with E-state index < -0.39 is 0 Å². The van der Waals surface area contributed by atoms with Crippen molar-refractivity contribution < 1.29 is 4.39 Å². The van der Waals surface area contributed by atoms with Gasteiger partial charge in [0.25, 0.3) is 0 Å². The molecule has 3 nitrogen and oxygen atoms in total. The van der Waals surface area contributed by atoms with Crippen molar-refractivity contribution in [2.45, 2.75) is 19.4 Å². The molecule has 0 aliphatic carbocycles. The average molecular weight is 265 g/mol. The Bertz CT molecular complexity index is 394. The predicted molar refractivity (Wildman–Crippen MR) is 77.4 cm³/mol. The highest BCUT2D eigenvalue weighted by Crippen LogP contribution is 2.18. The van der Waals surface area contributed by atoms with Gasteiger partial charge in [0.15, 0.2) is 0 Å². The summed E-state index contributed by atoms with van der Waals surface area (Å²) in [5, 5.41) is 0. The summed E-state index contributed by atoms with van der Waals surface area (Å²) in [7, 11) is 4.27. The van der Waals surface area contributed by atoms with Crippen LogP contribution in [0.3, 0.4) is 0 Å². The third-order valence-corrected chi connectivity index (χ3v) is 3.84. The lowest BCUT2D eigenvalue weighted by Gasteiger charge is -2.31. The summed E-state index contributed by atoms with van der Waals surface area (Å²) < 4.78 is 13.3. The molecule has 0 atom stereocenters. The summed E-state index contributed by atoms with van der Waals surface area (Å²) in [6.45, 7) is 4.20. The number of hydrogen-bond donors (Lipinski definition) is 1. The lowest BCUT2D eigenvalue weighted by molar-refractivity contribution is 0.173. The van der Waals surface area contributed by atoms with Gasteiger partial charge in [0.1, 0.15) is 5.82 Å². The standard InChI is InChI=1S/C15H24FN3/c1-18-5-3-12(4-6-18)10-19(2)11-13-7-14(16)9-15(17)8-13/h7-9,12H,3-6,10-11,17H2,1-2H3. The minimum atomic E-state index is -0.248. The molecule has 1 saturated heterocycles. The molecule has 0 unspecified atom stereocenters. The first-order valence-corrected chi connectivity index (χ1v) is 6.95. The van der Waals surface area contributed by atoms with E-state index in [1.54, 1.807) is 6.07 Å². The molecule has 106 valence electrons. The molecule has 2 N–H and O–H groups in total. The fourth-order valence-corrected chi connectivity index (χ4v) is 2.83. The Labute approximate surface area is 115 Å². The molecule has 1 fully saturated rings. The van der Waals surface area contributed by atoms with E-state index >= 15 is 0 Å². The quantitative estimate of drug-likeness (QED) is 0.847. The van der Waals surface area contributed by atoms with Crippen LogP contribution >= 0.6 is 0 Å². The summed E-state index contributed by atoms with van der Waals surface area (Å²) >= 11 is 0. The maximum Gasteiger partial charge on any atom is 0.125 e. The van der Waals surface area contributed by atoms with Gasteiger partial charge in [0.05, 0.1) is 0 Å². The minimum absolute atomic E-state index is 0.248. The predicted octanol–water partition coefficient (Wildman–Crippen LogP) is 2.18. The smallest absolute Gasteiger partial charge is 0.125 e. The van der Waals surface area contributed by atoms with E-state index in [1.807, 2.05) is 6.07 Å². The molecule has 2 rings (SSSR count). The van der Waals surface area contributed by atoms with Crippen molar-refractivity contribution in [3.63, 3.8) is 0 Å². The van der Waals surface area contributed by atoms with Crippen molar-refractivity contribution in [3.05, 3.63) is 29.6 Å². The lowest BCUT2D eigenvalue weighted by Crippen LogP contribution is -2.35. The van der Waals surface area contributed by atoms with E-state index in [2.05, 4.69) is 23.9 Å². The number of anilines is 1. The van der Waals surface area contributed by atoms with Crippen molar-refractivity contribution in [2.75, 3.05) is 39.5 Å². The Hall–Kier alpha value is -1.13. The van der Waals surface area contributed by atoms with E-state index in [4.69, 9.17) is 5.73 Å². The number of likely N-dealkylation sites (tertiary alicyclic amines) is 1. The molecule has 4 heteroatoms. The molecule has 0 aromatic heterocycles. The van der Waals surface area contributed by atoms with Gasteiger partial charge in [-0.2, -0.15) is 0 Å². The molecule has 0 amide bonds. The second kappa shape index (κ2) is 6.35. The highest BCUT2D eigenvalue weighted by molar-refractivity contribution is 5.41. The lowest BCUT2D eigenvalue weighted by atomic mass is 9.96.